The standard InChI is InChI=1S/C15H13N3OS/c1-10-5-4-7-12-14(10)18-9-13(20(19)15(18)17-12)11-6-2-3-8-16-11/h2-8,13H,9H2,1H3. The summed E-state index contributed by atoms with van der Waals surface area (Å²) in [5, 5.41) is 0.577. The van der Waals surface area contributed by atoms with Gasteiger partial charge in [0.25, 0.3) is 0 Å². The molecule has 2 atom stereocenters. The van der Waals surface area contributed by atoms with E-state index in [1.54, 1.807) is 6.20 Å². The van der Waals surface area contributed by atoms with Gasteiger partial charge < -0.3 is 4.55 Å². The number of aryl methyl sites for hydroxylation is 1. The van der Waals surface area contributed by atoms with Crippen molar-refractivity contribution in [3.63, 3.8) is 0 Å². The number of rotatable bonds is 1. The highest BCUT2D eigenvalue weighted by atomic mass is 32.2. The number of benzene rings is 1. The lowest BCUT2D eigenvalue weighted by Crippen LogP contribution is -2.11. The molecule has 0 aliphatic carbocycles. The average Bonchev–Trinajstić information content (AvgIpc) is 2.98. The molecule has 0 bridgehead atoms. The van der Waals surface area contributed by atoms with Crippen LogP contribution < -0.4 is 0 Å². The van der Waals surface area contributed by atoms with Crippen molar-refractivity contribution in [1.82, 2.24) is 14.5 Å². The van der Waals surface area contributed by atoms with Crippen LogP contribution in [0.2, 0.25) is 0 Å². The maximum absolute atomic E-state index is 12.7. The molecule has 2 aromatic heterocycles. The van der Waals surface area contributed by atoms with Crippen LogP contribution in [0.15, 0.2) is 47.8 Å². The maximum atomic E-state index is 12.7. The van der Waals surface area contributed by atoms with Crippen molar-refractivity contribution in [2.24, 2.45) is 0 Å². The molecule has 1 aromatic carbocycles. The van der Waals surface area contributed by atoms with Gasteiger partial charge in [-0.25, -0.2) is 0 Å². The third kappa shape index (κ3) is 1.60. The lowest BCUT2D eigenvalue weighted by atomic mass is 10.2. The summed E-state index contributed by atoms with van der Waals surface area (Å²) in [6.07, 6.45) is 1.75. The summed E-state index contributed by atoms with van der Waals surface area (Å²) in [7, 11) is 0. The Kier molecular flexibility index (Phi) is 2.58. The predicted octanol–water partition coefficient (Wildman–Crippen LogP) is 2.60. The lowest BCUT2D eigenvalue weighted by Gasteiger charge is -2.10. The number of hydrogen-bond acceptors (Lipinski definition) is 3. The van der Waals surface area contributed by atoms with E-state index in [4.69, 9.17) is 0 Å². The minimum absolute atomic E-state index is 0.0947. The molecular formula is C15H13N3OS. The number of hydrogen-bond donors (Lipinski definition) is 0. The van der Waals surface area contributed by atoms with Crippen LogP contribution >= 0.6 is 0 Å². The van der Waals surface area contributed by atoms with Crippen LogP contribution in [0.5, 0.6) is 0 Å². The Hall–Kier alpha value is -1.85. The molecule has 5 heteroatoms. The van der Waals surface area contributed by atoms with Crippen LogP contribution in [0.4, 0.5) is 0 Å². The third-order valence-electron chi connectivity index (χ3n) is 3.74. The summed E-state index contributed by atoms with van der Waals surface area (Å²) in [6.45, 7) is 2.74. The fourth-order valence-corrected chi connectivity index (χ4v) is 4.27. The molecule has 0 amide bonds. The fraction of sp³-hybridized carbons (Fsp3) is 0.200. The molecule has 4 rings (SSSR count). The van der Waals surface area contributed by atoms with E-state index < -0.39 is 11.2 Å². The summed E-state index contributed by atoms with van der Waals surface area (Å²) in [5.41, 5.74) is 4.06. The molecule has 100 valence electrons. The van der Waals surface area contributed by atoms with Crippen LogP contribution in [0.1, 0.15) is 16.5 Å². The largest absolute Gasteiger partial charge is 0.608 e. The Morgan fingerprint density at radius 3 is 2.95 bits per heavy atom. The van der Waals surface area contributed by atoms with Gasteiger partial charge in [0, 0.05) is 17.4 Å². The van der Waals surface area contributed by atoms with E-state index in [1.807, 2.05) is 30.3 Å². The van der Waals surface area contributed by atoms with Crippen molar-refractivity contribution >= 4 is 22.2 Å². The van der Waals surface area contributed by atoms with Gasteiger partial charge >= 0.3 is 5.16 Å². The summed E-state index contributed by atoms with van der Waals surface area (Å²) >= 11 is -1.14. The molecule has 20 heavy (non-hydrogen) atoms. The molecule has 0 radical (unpaired) electrons. The van der Waals surface area contributed by atoms with Crippen LogP contribution in [-0.2, 0) is 17.7 Å². The fourth-order valence-electron chi connectivity index (χ4n) is 2.80. The summed E-state index contributed by atoms with van der Waals surface area (Å²) in [4.78, 5) is 8.89. The van der Waals surface area contributed by atoms with Gasteiger partial charge in [0.15, 0.2) is 5.25 Å². The van der Waals surface area contributed by atoms with Crippen LogP contribution in [-0.4, -0.2) is 19.1 Å². The van der Waals surface area contributed by atoms with E-state index in [1.165, 1.54) is 5.56 Å². The Bertz CT molecular complexity index is 784. The predicted molar refractivity (Wildman–Crippen MR) is 77.9 cm³/mol. The van der Waals surface area contributed by atoms with Gasteiger partial charge in [-0.05, 0) is 30.7 Å². The highest BCUT2D eigenvalue weighted by molar-refractivity contribution is 7.91. The van der Waals surface area contributed by atoms with Crippen molar-refractivity contribution in [1.29, 1.82) is 0 Å². The van der Waals surface area contributed by atoms with E-state index >= 15 is 0 Å². The van der Waals surface area contributed by atoms with E-state index in [-0.39, 0.29) is 5.25 Å². The van der Waals surface area contributed by atoms with Crippen molar-refractivity contribution in [2.75, 3.05) is 0 Å². The van der Waals surface area contributed by atoms with Crippen molar-refractivity contribution in [3.8, 4) is 0 Å². The zero-order valence-electron chi connectivity index (χ0n) is 11.0. The number of para-hydroxylation sites is 1. The first-order chi connectivity index (χ1) is 9.75. The quantitative estimate of drug-likeness (QED) is 0.645. The monoisotopic (exact) mass is 283 g/mol. The summed E-state index contributed by atoms with van der Waals surface area (Å²) < 4.78 is 14.7. The first-order valence-electron chi connectivity index (χ1n) is 6.53. The Morgan fingerprint density at radius 1 is 1.25 bits per heavy atom. The second-order valence-electron chi connectivity index (χ2n) is 4.99. The third-order valence-corrected chi connectivity index (χ3v) is 5.32. The van der Waals surface area contributed by atoms with Gasteiger partial charge in [-0.2, -0.15) is 4.98 Å². The molecule has 0 N–H and O–H groups in total. The topological polar surface area (TPSA) is 53.8 Å². The summed E-state index contributed by atoms with van der Waals surface area (Å²) in [5.74, 6) is 0. The molecule has 3 aromatic rings. The number of aromatic nitrogens is 3. The first kappa shape index (κ1) is 11.9. The van der Waals surface area contributed by atoms with Gasteiger partial charge in [-0.15, -0.1) is 0 Å². The maximum Gasteiger partial charge on any atom is 0.325 e. The minimum atomic E-state index is -1.14. The zero-order chi connectivity index (χ0) is 13.7. The van der Waals surface area contributed by atoms with Gasteiger partial charge in [0.2, 0.25) is 0 Å². The number of pyridine rings is 1. The Balaban J connectivity index is 1.85. The highest BCUT2D eigenvalue weighted by Crippen LogP contribution is 2.38. The molecule has 3 heterocycles. The number of nitrogens with zero attached hydrogens (tertiary/aromatic N) is 3. The van der Waals surface area contributed by atoms with E-state index in [9.17, 15) is 4.55 Å². The number of imidazole rings is 1. The Labute approximate surface area is 119 Å². The normalized spacial score (nSPS) is 21.3. The molecule has 0 fully saturated rings. The molecule has 0 saturated heterocycles. The van der Waals surface area contributed by atoms with Crippen molar-refractivity contribution < 1.29 is 4.55 Å². The molecule has 1 aliphatic rings. The van der Waals surface area contributed by atoms with Gasteiger partial charge in [-0.1, -0.05) is 18.2 Å². The number of fused-ring (bicyclic) bond motifs is 3. The van der Waals surface area contributed by atoms with Gasteiger partial charge in [-0.3, -0.25) is 9.55 Å². The van der Waals surface area contributed by atoms with Gasteiger partial charge in [0.05, 0.1) is 23.3 Å². The molecule has 1 aliphatic heterocycles. The van der Waals surface area contributed by atoms with Crippen LogP contribution in [0, 0.1) is 6.92 Å². The smallest absolute Gasteiger partial charge is 0.325 e. The average molecular weight is 283 g/mol. The SMILES string of the molecule is Cc1cccc2nc3n(c12)CC(c1ccccn1)[S+]3[O-]. The second kappa shape index (κ2) is 4.33. The van der Waals surface area contributed by atoms with Gasteiger partial charge in [0.1, 0.15) is 0 Å². The lowest BCUT2D eigenvalue weighted by molar-refractivity contribution is 0.584. The highest BCUT2D eigenvalue weighted by Gasteiger charge is 2.41. The molecule has 0 saturated carbocycles. The molecular weight excluding hydrogens is 270 g/mol. The summed E-state index contributed by atoms with van der Waals surface area (Å²) in [6, 6.07) is 11.8. The van der Waals surface area contributed by atoms with E-state index in [0.29, 0.717) is 11.7 Å². The zero-order valence-corrected chi connectivity index (χ0v) is 11.8. The molecule has 0 spiro atoms. The van der Waals surface area contributed by atoms with Crippen molar-refractivity contribution in [2.45, 2.75) is 23.9 Å². The minimum Gasteiger partial charge on any atom is -0.608 e. The second-order valence-corrected chi connectivity index (χ2v) is 6.52. The van der Waals surface area contributed by atoms with Crippen LogP contribution in [0.25, 0.3) is 11.0 Å². The Morgan fingerprint density at radius 2 is 2.15 bits per heavy atom. The molecule has 2 unspecified atom stereocenters. The first-order valence-corrected chi connectivity index (χ1v) is 7.74. The van der Waals surface area contributed by atoms with Crippen LogP contribution in [0.3, 0.4) is 0 Å². The van der Waals surface area contributed by atoms with E-state index in [2.05, 4.69) is 27.5 Å². The van der Waals surface area contributed by atoms with E-state index in [0.717, 1.165) is 16.7 Å². The molecule has 4 nitrogen and oxygen atoms in total. The van der Waals surface area contributed by atoms with Crippen molar-refractivity contribution in [3.05, 3.63) is 53.9 Å².